The molecule has 22 heavy (non-hydrogen) atoms. The van der Waals surface area contributed by atoms with Crippen LogP contribution in [0.25, 0.3) is 0 Å². The lowest BCUT2D eigenvalue weighted by Crippen LogP contribution is -2.57. The fourth-order valence-corrected chi connectivity index (χ4v) is 4.11. The van der Waals surface area contributed by atoms with Crippen molar-refractivity contribution in [1.82, 2.24) is 14.3 Å². The van der Waals surface area contributed by atoms with Gasteiger partial charge < -0.3 is 21.3 Å². The highest BCUT2D eigenvalue weighted by Gasteiger charge is 2.40. The van der Waals surface area contributed by atoms with Crippen molar-refractivity contribution in [1.29, 1.82) is 0 Å². The minimum Gasteiger partial charge on any atom is -0.367 e. The van der Waals surface area contributed by atoms with E-state index >= 15 is 0 Å². The Morgan fingerprint density at radius 1 is 1.32 bits per heavy atom. The zero-order chi connectivity index (χ0) is 15.7. The van der Waals surface area contributed by atoms with Gasteiger partial charge >= 0.3 is 0 Å². The van der Waals surface area contributed by atoms with Crippen molar-refractivity contribution in [3.8, 4) is 0 Å². The molecule has 3 rings (SSSR count). The number of hydrogen-bond donors (Lipinski definition) is 2. The number of carbonyl (C=O) groups excluding carboxylic acids is 1. The van der Waals surface area contributed by atoms with Crippen LogP contribution < -0.4 is 16.4 Å². The molecule has 0 spiro atoms. The number of carbonyl (C=O) groups is 1. The van der Waals surface area contributed by atoms with Gasteiger partial charge in [-0.05, 0) is 19.8 Å². The number of hydrogen-bond acceptors (Lipinski definition) is 7. The average Bonchev–Trinajstić information content (AvgIpc) is 2.93. The summed E-state index contributed by atoms with van der Waals surface area (Å²) in [5.41, 5.74) is 11.6. The van der Waals surface area contributed by atoms with Crippen LogP contribution in [0, 0.1) is 5.92 Å². The lowest BCUT2D eigenvalue weighted by molar-refractivity contribution is -0.139. The predicted molar refractivity (Wildman–Crippen MR) is 87.7 cm³/mol. The number of piperazine rings is 1. The van der Waals surface area contributed by atoms with Gasteiger partial charge in [0.05, 0.1) is 5.92 Å². The van der Waals surface area contributed by atoms with E-state index in [0.29, 0.717) is 19.0 Å². The monoisotopic (exact) mass is 324 g/mol. The maximum Gasteiger partial charge on any atom is 0.233 e. The summed E-state index contributed by atoms with van der Waals surface area (Å²) < 4.78 is 4.01. The summed E-state index contributed by atoms with van der Waals surface area (Å²) in [4.78, 5) is 21.1. The van der Waals surface area contributed by atoms with E-state index in [-0.39, 0.29) is 17.4 Å². The Labute approximate surface area is 134 Å². The first kappa shape index (κ1) is 15.5. The molecule has 1 amide bonds. The highest BCUT2D eigenvalue weighted by Crippen LogP contribution is 2.33. The van der Waals surface area contributed by atoms with Crippen LogP contribution in [0.15, 0.2) is 0 Å². The molecule has 122 valence electrons. The second-order valence-electron chi connectivity index (χ2n) is 6.55. The van der Waals surface area contributed by atoms with E-state index in [1.165, 1.54) is 11.5 Å². The van der Waals surface area contributed by atoms with Crippen LogP contribution in [0.5, 0.6) is 0 Å². The summed E-state index contributed by atoms with van der Waals surface area (Å²) in [6.07, 6.45) is 4.09. The van der Waals surface area contributed by atoms with Crippen molar-refractivity contribution in [2.24, 2.45) is 11.7 Å². The van der Waals surface area contributed by atoms with Gasteiger partial charge in [-0.15, -0.1) is 0 Å². The van der Waals surface area contributed by atoms with Crippen LogP contribution in [0.1, 0.15) is 32.6 Å². The predicted octanol–water partition coefficient (Wildman–Crippen LogP) is 0.676. The number of aromatic nitrogens is 2. The molecule has 1 saturated heterocycles. The zero-order valence-electron chi connectivity index (χ0n) is 13.0. The summed E-state index contributed by atoms with van der Waals surface area (Å²) in [7, 11) is 0. The van der Waals surface area contributed by atoms with E-state index in [1.807, 2.05) is 11.8 Å². The molecule has 2 atom stereocenters. The summed E-state index contributed by atoms with van der Waals surface area (Å²) >= 11 is 1.31. The Balaban J connectivity index is 1.60. The first-order valence-electron chi connectivity index (χ1n) is 7.89. The van der Waals surface area contributed by atoms with Crippen LogP contribution in [-0.4, -0.2) is 51.9 Å². The van der Waals surface area contributed by atoms with E-state index in [2.05, 4.69) is 14.3 Å². The molecule has 2 heterocycles. The first-order chi connectivity index (χ1) is 10.5. The van der Waals surface area contributed by atoms with E-state index < -0.39 is 0 Å². The van der Waals surface area contributed by atoms with Crippen molar-refractivity contribution in [3.05, 3.63) is 0 Å². The van der Waals surface area contributed by atoms with Gasteiger partial charge in [0.15, 0.2) is 0 Å². The molecule has 0 bridgehead atoms. The van der Waals surface area contributed by atoms with E-state index in [0.717, 1.165) is 43.9 Å². The average molecular weight is 324 g/mol. The van der Waals surface area contributed by atoms with E-state index in [1.54, 1.807) is 0 Å². The molecule has 2 aliphatic rings. The molecule has 8 heteroatoms. The van der Waals surface area contributed by atoms with Crippen LogP contribution in [-0.2, 0) is 4.79 Å². The Morgan fingerprint density at radius 2 is 2.05 bits per heavy atom. The number of nitrogen functional groups attached to an aromatic ring is 1. The van der Waals surface area contributed by atoms with Crippen molar-refractivity contribution < 1.29 is 4.79 Å². The number of anilines is 2. The lowest BCUT2D eigenvalue weighted by Gasteiger charge is -2.42. The fraction of sp³-hybridized carbons (Fsp3) is 0.786. The summed E-state index contributed by atoms with van der Waals surface area (Å²) in [6, 6.07) is 0. The second-order valence-corrected chi connectivity index (χ2v) is 7.28. The lowest BCUT2D eigenvalue weighted by atomic mass is 9.74. The number of amides is 1. The summed E-state index contributed by atoms with van der Waals surface area (Å²) in [5.74, 6) is 0.505. The Morgan fingerprint density at radius 3 is 2.64 bits per heavy atom. The number of nitrogens with two attached hydrogens (primary N) is 2. The minimum absolute atomic E-state index is 0.0371. The van der Waals surface area contributed by atoms with Crippen molar-refractivity contribution in [2.45, 2.75) is 38.1 Å². The molecule has 1 aromatic heterocycles. The summed E-state index contributed by atoms with van der Waals surface area (Å²) in [6.45, 7) is 4.99. The molecule has 0 aromatic carbocycles. The Bertz CT molecular complexity index is 537. The zero-order valence-corrected chi connectivity index (χ0v) is 13.8. The van der Waals surface area contributed by atoms with Crippen LogP contribution in [0.2, 0.25) is 0 Å². The van der Waals surface area contributed by atoms with Gasteiger partial charge in [-0.3, -0.25) is 4.79 Å². The molecular weight excluding hydrogens is 300 g/mol. The minimum atomic E-state index is -0.361. The van der Waals surface area contributed by atoms with Crippen molar-refractivity contribution in [2.75, 3.05) is 36.8 Å². The van der Waals surface area contributed by atoms with Gasteiger partial charge in [0, 0.05) is 43.3 Å². The van der Waals surface area contributed by atoms with Gasteiger partial charge in [-0.25, -0.2) is 0 Å². The highest BCUT2D eigenvalue weighted by atomic mass is 32.1. The van der Waals surface area contributed by atoms with Crippen LogP contribution in [0.4, 0.5) is 11.1 Å². The van der Waals surface area contributed by atoms with Gasteiger partial charge in [0.2, 0.25) is 17.0 Å². The van der Waals surface area contributed by atoms with Crippen molar-refractivity contribution in [3.63, 3.8) is 0 Å². The normalized spacial score (nSPS) is 29.6. The molecule has 1 aliphatic heterocycles. The molecule has 0 radical (unpaired) electrons. The molecular formula is C14H24N6OS. The molecule has 7 nitrogen and oxygen atoms in total. The highest BCUT2D eigenvalue weighted by molar-refractivity contribution is 7.09. The second kappa shape index (κ2) is 6.00. The topological polar surface area (TPSA) is 101 Å². The smallest absolute Gasteiger partial charge is 0.233 e. The standard InChI is InChI=1S/C14H24N6OS/c1-14(16)5-3-2-4-10(14)11(21)19-6-8-20(9-7-19)13-17-12(15)18-22-13/h10H,2-9,16H2,1H3,(H2,15,18). The van der Waals surface area contributed by atoms with E-state index in [4.69, 9.17) is 11.5 Å². The first-order valence-corrected chi connectivity index (χ1v) is 8.66. The van der Waals surface area contributed by atoms with Gasteiger partial charge in [-0.2, -0.15) is 9.36 Å². The molecule has 1 aromatic rings. The number of rotatable bonds is 2. The van der Waals surface area contributed by atoms with Gasteiger partial charge in [0.1, 0.15) is 0 Å². The summed E-state index contributed by atoms with van der Waals surface area (Å²) in [5, 5.41) is 0.839. The third-order valence-electron chi connectivity index (χ3n) is 4.85. The Kier molecular flexibility index (Phi) is 4.22. The third-order valence-corrected chi connectivity index (χ3v) is 5.64. The Hall–Kier alpha value is -1.41. The van der Waals surface area contributed by atoms with Crippen LogP contribution >= 0.6 is 11.5 Å². The maximum absolute atomic E-state index is 12.8. The molecule has 1 saturated carbocycles. The molecule has 2 fully saturated rings. The largest absolute Gasteiger partial charge is 0.367 e. The quantitative estimate of drug-likeness (QED) is 0.829. The molecule has 2 unspecified atom stereocenters. The van der Waals surface area contributed by atoms with E-state index in [9.17, 15) is 4.79 Å². The fourth-order valence-electron chi connectivity index (χ4n) is 3.46. The number of nitrogens with zero attached hydrogens (tertiary/aromatic N) is 4. The maximum atomic E-state index is 12.8. The van der Waals surface area contributed by atoms with Gasteiger partial charge in [-0.1, -0.05) is 12.8 Å². The third kappa shape index (κ3) is 3.03. The molecule has 4 N–H and O–H groups in total. The molecule has 1 aliphatic carbocycles. The van der Waals surface area contributed by atoms with Gasteiger partial charge in [0.25, 0.3) is 0 Å². The van der Waals surface area contributed by atoms with Crippen molar-refractivity contribution >= 4 is 28.5 Å². The van der Waals surface area contributed by atoms with Crippen LogP contribution in [0.3, 0.4) is 0 Å². The SMILES string of the molecule is CC1(N)CCCCC1C(=O)N1CCN(c2nc(N)ns2)CC1.